The van der Waals surface area contributed by atoms with E-state index in [0.29, 0.717) is 13.0 Å². The zero-order valence-corrected chi connectivity index (χ0v) is 15.9. The standard InChI is InChI=1S/C20H38N2O2/c1-3-5-7-9-10-12-14-16-22-19(23)17-18(20(22)24)21-15-13-11-8-6-4-2/h18,21H,3-17H2,1-2H3. The molecule has 4 nitrogen and oxygen atoms in total. The highest BCUT2D eigenvalue weighted by atomic mass is 16.2. The predicted molar refractivity (Wildman–Crippen MR) is 99.9 cm³/mol. The molecular formula is C20H38N2O2. The number of hydrogen-bond acceptors (Lipinski definition) is 3. The van der Waals surface area contributed by atoms with Crippen molar-refractivity contribution in [2.45, 2.75) is 103 Å². The predicted octanol–water partition coefficient (Wildman–Crippen LogP) is 4.42. The van der Waals surface area contributed by atoms with Crippen LogP contribution in [0.1, 0.15) is 97.3 Å². The van der Waals surface area contributed by atoms with Crippen LogP contribution in [-0.2, 0) is 9.59 Å². The Kier molecular flexibility index (Phi) is 11.8. The Labute approximate surface area is 148 Å². The summed E-state index contributed by atoms with van der Waals surface area (Å²) in [5.41, 5.74) is 0. The molecule has 1 saturated heterocycles. The lowest BCUT2D eigenvalue weighted by molar-refractivity contribution is -0.138. The molecule has 140 valence electrons. The van der Waals surface area contributed by atoms with Gasteiger partial charge in [-0.3, -0.25) is 14.5 Å². The number of imide groups is 1. The van der Waals surface area contributed by atoms with Crippen LogP contribution in [0.2, 0.25) is 0 Å². The average Bonchev–Trinajstić information content (AvgIpc) is 2.84. The Hall–Kier alpha value is -0.900. The van der Waals surface area contributed by atoms with Gasteiger partial charge in [0.15, 0.2) is 0 Å². The molecule has 1 aliphatic rings. The normalized spacial score (nSPS) is 17.9. The molecule has 0 bridgehead atoms. The molecule has 24 heavy (non-hydrogen) atoms. The lowest BCUT2D eigenvalue weighted by Crippen LogP contribution is -2.39. The van der Waals surface area contributed by atoms with Crippen LogP contribution in [0.25, 0.3) is 0 Å². The fourth-order valence-corrected chi connectivity index (χ4v) is 3.31. The maximum atomic E-state index is 12.3. The van der Waals surface area contributed by atoms with E-state index in [4.69, 9.17) is 0 Å². The maximum absolute atomic E-state index is 12.3. The molecule has 0 spiro atoms. The second-order valence-electron chi connectivity index (χ2n) is 7.13. The molecule has 1 N–H and O–H groups in total. The lowest BCUT2D eigenvalue weighted by Gasteiger charge is -2.15. The Bertz CT molecular complexity index is 358. The first-order valence-electron chi connectivity index (χ1n) is 10.3. The van der Waals surface area contributed by atoms with E-state index in [-0.39, 0.29) is 17.9 Å². The number of nitrogens with zero attached hydrogens (tertiary/aromatic N) is 1. The van der Waals surface area contributed by atoms with Crippen molar-refractivity contribution >= 4 is 11.8 Å². The van der Waals surface area contributed by atoms with Gasteiger partial charge in [0.2, 0.25) is 11.8 Å². The van der Waals surface area contributed by atoms with Crippen LogP contribution in [0.4, 0.5) is 0 Å². The van der Waals surface area contributed by atoms with E-state index in [9.17, 15) is 9.59 Å². The zero-order valence-electron chi connectivity index (χ0n) is 15.9. The largest absolute Gasteiger partial charge is 0.305 e. The second kappa shape index (κ2) is 13.4. The summed E-state index contributed by atoms with van der Waals surface area (Å²) in [5, 5.41) is 3.28. The Morgan fingerprint density at radius 2 is 1.38 bits per heavy atom. The third kappa shape index (κ3) is 8.27. The molecule has 0 radical (unpaired) electrons. The highest BCUT2D eigenvalue weighted by Crippen LogP contribution is 2.15. The summed E-state index contributed by atoms with van der Waals surface area (Å²) in [6.07, 6.45) is 14.9. The van der Waals surface area contributed by atoms with Gasteiger partial charge in [0.1, 0.15) is 0 Å². The van der Waals surface area contributed by atoms with Crippen LogP contribution >= 0.6 is 0 Å². The van der Waals surface area contributed by atoms with Gasteiger partial charge in [-0.05, 0) is 19.4 Å². The molecule has 1 fully saturated rings. The van der Waals surface area contributed by atoms with E-state index in [1.165, 1.54) is 62.7 Å². The van der Waals surface area contributed by atoms with Crippen LogP contribution in [0.3, 0.4) is 0 Å². The number of hydrogen-bond donors (Lipinski definition) is 1. The molecule has 4 heteroatoms. The van der Waals surface area contributed by atoms with Crippen molar-refractivity contribution in [3.05, 3.63) is 0 Å². The summed E-state index contributed by atoms with van der Waals surface area (Å²) >= 11 is 0. The number of carbonyl (C=O) groups is 2. The SMILES string of the molecule is CCCCCCCCCN1C(=O)CC(NCCCCCCC)C1=O. The smallest absolute Gasteiger partial charge is 0.246 e. The van der Waals surface area contributed by atoms with Crippen LogP contribution in [0, 0.1) is 0 Å². The maximum Gasteiger partial charge on any atom is 0.246 e. The van der Waals surface area contributed by atoms with Gasteiger partial charge in [0.05, 0.1) is 12.5 Å². The van der Waals surface area contributed by atoms with Gasteiger partial charge in [-0.25, -0.2) is 0 Å². The van der Waals surface area contributed by atoms with E-state index in [2.05, 4.69) is 19.2 Å². The minimum atomic E-state index is -0.270. The molecule has 1 aliphatic heterocycles. The van der Waals surface area contributed by atoms with Gasteiger partial charge in [-0.1, -0.05) is 78.1 Å². The minimum Gasteiger partial charge on any atom is -0.305 e. The molecule has 0 aromatic heterocycles. The molecule has 0 aliphatic carbocycles. The van der Waals surface area contributed by atoms with Crippen LogP contribution in [-0.4, -0.2) is 35.8 Å². The Morgan fingerprint density at radius 3 is 2.00 bits per heavy atom. The summed E-state index contributed by atoms with van der Waals surface area (Å²) < 4.78 is 0. The fourth-order valence-electron chi connectivity index (χ4n) is 3.31. The Morgan fingerprint density at radius 1 is 0.833 bits per heavy atom. The van der Waals surface area contributed by atoms with E-state index >= 15 is 0 Å². The number of nitrogens with one attached hydrogen (secondary N) is 1. The second-order valence-corrected chi connectivity index (χ2v) is 7.13. The molecule has 0 aromatic carbocycles. The number of likely N-dealkylation sites (tertiary alicyclic amines) is 1. The summed E-state index contributed by atoms with van der Waals surface area (Å²) in [4.78, 5) is 25.9. The van der Waals surface area contributed by atoms with Gasteiger partial charge >= 0.3 is 0 Å². The van der Waals surface area contributed by atoms with Gasteiger partial charge in [0.25, 0.3) is 0 Å². The van der Waals surface area contributed by atoms with Crippen molar-refractivity contribution in [3.8, 4) is 0 Å². The number of rotatable bonds is 15. The van der Waals surface area contributed by atoms with Crippen LogP contribution < -0.4 is 5.32 Å². The number of carbonyl (C=O) groups excluding carboxylic acids is 2. The van der Waals surface area contributed by atoms with Crippen molar-refractivity contribution in [2.24, 2.45) is 0 Å². The average molecular weight is 339 g/mol. The first-order chi connectivity index (χ1) is 11.7. The summed E-state index contributed by atoms with van der Waals surface area (Å²) in [5.74, 6) is 0.00834. The first-order valence-corrected chi connectivity index (χ1v) is 10.3. The number of amides is 2. The van der Waals surface area contributed by atoms with E-state index in [1.54, 1.807) is 0 Å². The fraction of sp³-hybridized carbons (Fsp3) is 0.900. The molecule has 1 rings (SSSR count). The highest BCUT2D eigenvalue weighted by Gasteiger charge is 2.37. The zero-order chi connectivity index (χ0) is 17.6. The van der Waals surface area contributed by atoms with Crippen molar-refractivity contribution in [1.82, 2.24) is 10.2 Å². The Balaban J connectivity index is 2.12. The molecule has 1 heterocycles. The van der Waals surface area contributed by atoms with Crippen LogP contribution in [0.15, 0.2) is 0 Å². The summed E-state index contributed by atoms with van der Waals surface area (Å²) in [6, 6.07) is -0.270. The van der Waals surface area contributed by atoms with Gasteiger partial charge in [-0.15, -0.1) is 0 Å². The summed E-state index contributed by atoms with van der Waals surface area (Å²) in [7, 11) is 0. The topological polar surface area (TPSA) is 49.4 Å². The highest BCUT2D eigenvalue weighted by molar-refractivity contribution is 6.05. The molecule has 1 atom stereocenters. The van der Waals surface area contributed by atoms with Gasteiger partial charge in [-0.2, -0.15) is 0 Å². The van der Waals surface area contributed by atoms with E-state index in [0.717, 1.165) is 25.8 Å². The van der Waals surface area contributed by atoms with Gasteiger partial charge in [0, 0.05) is 6.54 Å². The first kappa shape index (κ1) is 21.1. The summed E-state index contributed by atoms with van der Waals surface area (Å²) in [6.45, 7) is 5.89. The lowest BCUT2D eigenvalue weighted by atomic mass is 10.1. The van der Waals surface area contributed by atoms with E-state index < -0.39 is 0 Å². The minimum absolute atomic E-state index is 0.000425. The van der Waals surface area contributed by atoms with Crippen molar-refractivity contribution in [2.75, 3.05) is 13.1 Å². The van der Waals surface area contributed by atoms with Gasteiger partial charge < -0.3 is 5.32 Å². The molecule has 0 aromatic rings. The monoisotopic (exact) mass is 338 g/mol. The van der Waals surface area contributed by atoms with Crippen molar-refractivity contribution in [3.63, 3.8) is 0 Å². The third-order valence-electron chi connectivity index (χ3n) is 4.90. The number of unbranched alkanes of at least 4 members (excludes halogenated alkanes) is 10. The third-order valence-corrected chi connectivity index (χ3v) is 4.90. The molecule has 2 amide bonds. The van der Waals surface area contributed by atoms with Crippen molar-refractivity contribution in [1.29, 1.82) is 0 Å². The molecule has 0 saturated carbocycles. The molecule has 1 unspecified atom stereocenters. The van der Waals surface area contributed by atoms with Crippen LogP contribution in [0.5, 0.6) is 0 Å². The molecular weight excluding hydrogens is 300 g/mol. The quantitative estimate of drug-likeness (QED) is 0.355. The van der Waals surface area contributed by atoms with E-state index in [1.807, 2.05) is 0 Å². The van der Waals surface area contributed by atoms with Crippen molar-refractivity contribution < 1.29 is 9.59 Å².